The Hall–Kier alpha value is 0.350. The summed E-state index contributed by atoms with van der Waals surface area (Å²) in [6, 6.07) is 0. The van der Waals surface area contributed by atoms with E-state index in [4.69, 9.17) is 16.3 Å². The minimum atomic E-state index is 0.337. The van der Waals surface area contributed by atoms with Gasteiger partial charge in [0.25, 0.3) is 22.9 Å². The largest absolute Gasteiger partial charge is 0.372 e. The number of hydrogen-bond donors (Lipinski definition) is 0. The molecule has 13 heavy (non-hydrogen) atoms. The molecule has 72 valence electrons. The van der Waals surface area contributed by atoms with Gasteiger partial charge in [-0.2, -0.15) is 7.69 Å². The van der Waals surface area contributed by atoms with Crippen LogP contribution in [0.1, 0.15) is 12.8 Å². The first kappa shape index (κ1) is 9.89. The number of halogens is 2. The van der Waals surface area contributed by atoms with E-state index in [0.29, 0.717) is 14.1 Å². The molecule has 0 aromatic heterocycles. The zero-order chi connectivity index (χ0) is 9.31. The van der Waals surface area contributed by atoms with E-state index in [9.17, 15) is 0 Å². The Morgan fingerprint density at radius 3 is 3.15 bits per heavy atom. The van der Waals surface area contributed by atoms with Crippen molar-refractivity contribution in [3.8, 4) is 0 Å². The van der Waals surface area contributed by atoms with E-state index >= 15 is 0 Å². The molecule has 0 aromatic rings. The van der Waals surface area contributed by atoms with Crippen molar-refractivity contribution in [2.75, 3.05) is 13.2 Å². The van der Waals surface area contributed by atoms with Crippen LogP contribution in [0.15, 0.2) is 17.4 Å². The second-order valence-corrected chi connectivity index (χ2v) is 5.35. The van der Waals surface area contributed by atoms with Crippen molar-refractivity contribution in [1.29, 1.82) is 0 Å². The molecular weight excluding hydrogens is 302 g/mol. The summed E-state index contributed by atoms with van der Waals surface area (Å²) in [4.78, 5) is 4.04. The number of nitrogens with zero attached hydrogens (tertiary/aromatic N) is 2. The van der Waals surface area contributed by atoms with E-state index < -0.39 is 0 Å². The Labute approximate surface area is 96.5 Å². The van der Waals surface area contributed by atoms with Gasteiger partial charge >= 0.3 is 5.29 Å². The first-order valence-electron chi connectivity index (χ1n) is 4.31. The fraction of sp³-hybridized carbons (Fsp3) is 0.625. The van der Waals surface area contributed by atoms with Crippen LogP contribution in [0, 0.1) is 0 Å². The van der Waals surface area contributed by atoms with Gasteiger partial charge in [-0.3, -0.25) is 0 Å². The SMILES string of the molecule is ClC1=NC=C[N+]1(I)C[C@@H]1CCCO1. The molecule has 2 rings (SSSR count). The van der Waals surface area contributed by atoms with E-state index in [2.05, 4.69) is 27.9 Å². The Morgan fingerprint density at radius 1 is 1.77 bits per heavy atom. The second-order valence-electron chi connectivity index (χ2n) is 3.29. The van der Waals surface area contributed by atoms with E-state index in [0.717, 1.165) is 19.6 Å². The molecule has 0 amide bonds. The van der Waals surface area contributed by atoms with Crippen molar-refractivity contribution in [2.45, 2.75) is 18.9 Å². The van der Waals surface area contributed by atoms with E-state index in [1.165, 1.54) is 6.42 Å². The van der Waals surface area contributed by atoms with Crippen LogP contribution in [0.4, 0.5) is 0 Å². The van der Waals surface area contributed by atoms with Crippen LogP contribution in [0.5, 0.6) is 0 Å². The zero-order valence-electron chi connectivity index (χ0n) is 7.12. The molecule has 5 heteroatoms. The number of hydrogen-bond acceptors (Lipinski definition) is 2. The van der Waals surface area contributed by atoms with Crippen molar-refractivity contribution in [2.24, 2.45) is 4.99 Å². The third-order valence-electron chi connectivity index (χ3n) is 2.28. The van der Waals surface area contributed by atoms with Crippen LogP contribution < -0.4 is 0 Å². The number of amidine groups is 1. The lowest BCUT2D eigenvalue weighted by Gasteiger charge is -2.23. The van der Waals surface area contributed by atoms with Gasteiger partial charge in [0.1, 0.15) is 18.8 Å². The van der Waals surface area contributed by atoms with Gasteiger partial charge in [-0.1, -0.05) is 0 Å². The van der Waals surface area contributed by atoms with Crippen molar-refractivity contribution < 1.29 is 7.43 Å². The Kier molecular flexibility index (Phi) is 2.92. The molecule has 2 aliphatic heterocycles. The minimum Gasteiger partial charge on any atom is -0.372 e. The lowest BCUT2D eigenvalue weighted by molar-refractivity contribution is -0.590. The van der Waals surface area contributed by atoms with Crippen LogP contribution in [0.25, 0.3) is 0 Å². The molecule has 0 bridgehead atoms. The minimum absolute atomic E-state index is 0.337. The molecule has 0 spiro atoms. The Morgan fingerprint density at radius 2 is 2.62 bits per heavy atom. The van der Waals surface area contributed by atoms with Crippen LogP contribution >= 0.6 is 34.5 Å². The molecule has 0 N–H and O–H groups in total. The highest BCUT2D eigenvalue weighted by atomic mass is 127. The van der Waals surface area contributed by atoms with Crippen LogP contribution in [0.3, 0.4) is 0 Å². The summed E-state index contributed by atoms with van der Waals surface area (Å²) < 4.78 is 6.12. The van der Waals surface area contributed by atoms with Gasteiger partial charge in [-0.25, -0.2) is 0 Å². The first-order valence-corrected chi connectivity index (χ1v) is 5.65. The van der Waals surface area contributed by atoms with Crippen molar-refractivity contribution >= 4 is 39.8 Å². The molecule has 0 aromatic carbocycles. The third-order valence-corrected chi connectivity index (χ3v) is 4.14. The maximum atomic E-state index is 5.99. The Bertz CT molecular complexity index is 263. The summed E-state index contributed by atoms with van der Waals surface area (Å²) in [5.41, 5.74) is 0. The van der Waals surface area contributed by atoms with Gasteiger partial charge in [0.05, 0.1) is 6.20 Å². The van der Waals surface area contributed by atoms with Crippen molar-refractivity contribution in [3.05, 3.63) is 12.4 Å². The fourth-order valence-corrected chi connectivity index (χ4v) is 2.47. The smallest absolute Gasteiger partial charge is 0.312 e. The fourth-order valence-electron chi connectivity index (χ4n) is 1.58. The summed E-state index contributed by atoms with van der Waals surface area (Å²) in [5, 5.41) is 0.621. The van der Waals surface area contributed by atoms with Gasteiger partial charge in [-0.15, -0.1) is 0 Å². The van der Waals surface area contributed by atoms with Gasteiger partial charge in [0.2, 0.25) is 0 Å². The molecule has 1 saturated heterocycles. The maximum absolute atomic E-state index is 5.99. The van der Waals surface area contributed by atoms with Crippen LogP contribution in [-0.2, 0) is 4.74 Å². The summed E-state index contributed by atoms with van der Waals surface area (Å²) >= 11 is 8.28. The van der Waals surface area contributed by atoms with E-state index in [1.807, 2.05) is 6.20 Å². The first-order chi connectivity index (χ1) is 6.21. The number of rotatable bonds is 2. The highest BCUT2D eigenvalue weighted by molar-refractivity contribution is 14.1. The standard InChI is InChI=1S/C8H11ClIN2O/c9-8-11-3-4-12(8,10)6-7-2-1-5-13-7/h3-4,7H,1-2,5-6H2/q+1/t7-,12?/m0/s1. The van der Waals surface area contributed by atoms with Gasteiger partial charge in [-0.05, 0) is 12.8 Å². The zero-order valence-corrected chi connectivity index (χ0v) is 10.0. The maximum Gasteiger partial charge on any atom is 0.312 e. The van der Waals surface area contributed by atoms with Crippen LogP contribution in [0.2, 0.25) is 0 Å². The lowest BCUT2D eigenvalue weighted by atomic mass is 10.2. The van der Waals surface area contributed by atoms with E-state index in [1.54, 1.807) is 6.20 Å². The predicted octanol–water partition coefficient (Wildman–Crippen LogP) is 2.41. The molecule has 0 radical (unpaired) electrons. The monoisotopic (exact) mass is 313 g/mol. The van der Waals surface area contributed by atoms with Gasteiger partial charge in [0.15, 0.2) is 0 Å². The van der Waals surface area contributed by atoms with Gasteiger partial charge in [0, 0.05) is 18.2 Å². The summed E-state index contributed by atoms with van der Waals surface area (Å²) in [6.07, 6.45) is 6.39. The molecule has 0 aliphatic carbocycles. The average Bonchev–Trinajstić information content (AvgIpc) is 2.65. The molecular formula is C8H11ClIN2O+. The summed E-state index contributed by atoms with van der Waals surface area (Å²) in [5.74, 6) is 0. The number of ether oxygens (including phenoxy) is 1. The van der Waals surface area contributed by atoms with E-state index in [-0.39, 0.29) is 0 Å². The molecule has 1 unspecified atom stereocenters. The van der Waals surface area contributed by atoms with Crippen molar-refractivity contribution in [1.82, 2.24) is 0 Å². The summed E-state index contributed by atoms with van der Waals surface area (Å²) in [7, 11) is 0. The highest BCUT2D eigenvalue weighted by Gasteiger charge is 2.36. The number of quaternary nitrogens is 1. The molecule has 3 nitrogen and oxygen atoms in total. The number of aliphatic imine (C=N–C) groups is 1. The second kappa shape index (κ2) is 3.84. The molecule has 2 atom stereocenters. The molecule has 2 heterocycles. The molecule has 0 saturated carbocycles. The van der Waals surface area contributed by atoms with Crippen LogP contribution in [-0.4, -0.2) is 27.2 Å². The summed E-state index contributed by atoms with van der Waals surface area (Å²) in [6.45, 7) is 1.78. The normalized spacial score (nSPS) is 38.3. The van der Waals surface area contributed by atoms with Gasteiger partial charge < -0.3 is 4.74 Å². The third kappa shape index (κ3) is 2.06. The molecule has 1 fully saturated rings. The highest BCUT2D eigenvalue weighted by Crippen LogP contribution is 2.29. The quantitative estimate of drug-likeness (QED) is 0.436. The topological polar surface area (TPSA) is 21.6 Å². The Balaban J connectivity index is 2.00. The average molecular weight is 314 g/mol. The van der Waals surface area contributed by atoms with Crippen molar-refractivity contribution in [3.63, 3.8) is 0 Å². The molecule has 2 aliphatic rings. The lowest BCUT2D eigenvalue weighted by Crippen LogP contribution is -2.39. The predicted molar refractivity (Wildman–Crippen MR) is 60.5 cm³/mol.